The average molecular weight is 249 g/mol. The first-order chi connectivity index (χ1) is 8.49. The number of nitrogens with two attached hydrogens (primary N) is 2. The van der Waals surface area contributed by atoms with Gasteiger partial charge in [0, 0.05) is 13.1 Å². The van der Waals surface area contributed by atoms with Crippen molar-refractivity contribution in [1.82, 2.24) is 0 Å². The molecule has 0 radical (unpaired) electrons. The van der Waals surface area contributed by atoms with Gasteiger partial charge in [0.1, 0.15) is 0 Å². The van der Waals surface area contributed by atoms with E-state index in [2.05, 4.69) is 0 Å². The highest BCUT2D eigenvalue weighted by atomic mass is 16.4. The van der Waals surface area contributed by atoms with Crippen molar-refractivity contribution >= 4 is 23.3 Å². The molecule has 1 aliphatic rings. The van der Waals surface area contributed by atoms with Crippen LogP contribution >= 0.6 is 0 Å². The Balaban J connectivity index is 2.20. The highest BCUT2D eigenvalue weighted by Gasteiger charge is 2.27. The number of benzene rings is 1. The lowest BCUT2D eigenvalue weighted by atomic mass is 10.1. The molecule has 5 N–H and O–H groups in total. The Labute approximate surface area is 104 Å². The van der Waals surface area contributed by atoms with Crippen molar-refractivity contribution in [2.45, 2.75) is 6.42 Å². The molecule has 0 aliphatic carbocycles. The number of hydrogen-bond acceptors (Lipinski definition) is 4. The number of carboxylic acids is 1. The number of amides is 1. The van der Waals surface area contributed by atoms with E-state index in [1.807, 2.05) is 4.90 Å². The average Bonchev–Trinajstić information content (AvgIpc) is 2.78. The van der Waals surface area contributed by atoms with E-state index in [4.69, 9.17) is 16.6 Å². The van der Waals surface area contributed by atoms with Crippen LogP contribution in [-0.4, -0.2) is 30.1 Å². The van der Waals surface area contributed by atoms with Crippen molar-refractivity contribution in [2.24, 2.45) is 11.7 Å². The lowest BCUT2D eigenvalue weighted by molar-refractivity contribution is -0.121. The molecule has 1 fully saturated rings. The second-order valence-electron chi connectivity index (χ2n) is 4.41. The fourth-order valence-electron chi connectivity index (χ4n) is 2.19. The summed E-state index contributed by atoms with van der Waals surface area (Å²) in [7, 11) is 0. The van der Waals surface area contributed by atoms with Gasteiger partial charge in [-0.2, -0.15) is 0 Å². The van der Waals surface area contributed by atoms with Gasteiger partial charge in [0.05, 0.1) is 22.9 Å². The molecule has 1 atom stereocenters. The van der Waals surface area contributed by atoms with E-state index in [0.717, 1.165) is 5.69 Å². The van der Waals surface area contributed by atoms with E-state index in [1.54, 1.807) is 6.07 Å². The molecule has 1 unspecified atom stereocenters. The summed E-state index contributed by atoms with van der Waals surface area (Å²) in [5.74, 6) is -1.48. The fraction of sp³-hybridized carbons (Fsp3) is 0.333. The molecule has 0 bridgehead atoms. The monoisotopic (exact) mass is 249 g/mol. The Morgan fingerprint density at radius 2 is 2.11 bits per heavy atom. The first-order valence-electron chi connectivity index (χ1n) is 5.66. The molecule has 6 nitrogen and oxygen atoms in total. The van der Waals surface area contributed by atoms with E-state index in [0.29, 0.717) is 25.2 Å². The number of carbonyl (C=O) groups excluding carboxylic acids is 1. The van der Waals surface area contributed by atoms with Crippen LogP contribution in [0, 0.1) is 5.92 Å². The summed E-state index contributed by atoms with van der Waals surface area (Å²) in [6.07, 6.45) is 0.704. The third kappa shape index (κ3) is 2.22. The zero-order chi connectivity index (χ0) is 13.3. The predicted octanol–water partition coefficient (Wildman–Crippen LogP) is 0.279. The molecular formula is C12H15N3O3. The number of nitrogens with zero attached hydrogens (tertiary/aromatic N) is 1. The zero-order valence-electron chi connectivity index (χ0n) is 9.80. The van der Waals surface area contributed by atoms with Gasteiger partial charge in [-0.05, 0) is 24.6 Å². The molecule has 2 rings (SSSR count). The largest absolute Gasteiger partial charge is 0.478 e. The first-order valence-corrected chi connectivity index (χ1v) is 5.66. The SMILES string of the molecule is NC(=O)C1CCN(c2ccc(C(=O)O)cc2N)C1. The van der Waals surface area contributed by atoms with Crippen LogP contribution in [0.3, 0.4) is 0 Å². The molecule has 0 spiro atoms. The minimum absolute atomic E-state index is 0.155. The maximum atomic E-state index is 11.1. The van der Waals surface area contributed by atoms with Gasteiger partial charge in [-0.15, -0.1) is 0 Å². The number of aromatic carboxylic acids is 1. The number of nitrogen functional groups attached to an aromatic ring is 1. The quantitative estimate of drug-likeness (QED) is 0.666. The Morgan fingerprint density at radius 3 is 2.61 bits per heavy atom. The predicted molar refractivity (Wildman–Crippen MR) is 67.3 cm³/mol. The highest BCUT2D eigenvalue weighted by Crippen LogP contribution is 2.29. The number of carbonyl (C=O) groups is 2. The molecular weight excluding hydrogens is 234 g/mol. The van der Waals surface area contributed by atoms with Crippen LogP contribution in [-0.2, 0) is 4.79 Å². The minimum Gasteiger partial charge on any atom is -0.478 e. The first kappa shape index (κ1) is 12.2. The molecule has 96 valence electrons. The zero-order valence-corrected chi connectivity index (χ0v) is 9.80. The lowest BCUT2D eigenvalue weighted by Crippen LogP contribution is -2.27. The van der Waals surface area contributed by atoms with Crippen LogP contribution in [0.1, 0.15) is 16.8 Å². The molecule has 1 heterocycles. The third-order valence-electron chi connectivity index (χ3n) is 3.21. The van der Waals surface area contributed by atoms with Gasteiger partial charge in [-0.3, -0.25) is 4.79 Å². The van der Waals surface area contributed by atoms with Gasteiger partial charge in [-0.25, -0.2) is 4.79 Å². The number of carboxylic acid groups (broad SMARTS) is 1. The van der Waals surface area contributed by atoms with E-state index >= 15 is 0 Å². The molecule has 6 heteroatoms. The normalized spacial score (nSPS) is 18.9. The summed E-state index contributed by atoms with van der Waals surface area (Å²) >= 11 is 0. The number of rotatable bonds is 3. The molecule has 1 saturated heterocycles. The van der Waals surface area contributed by atoms with Gasteiger partial charge in [-0.1, -0.05) is 0 Å². The van der Waals surface area contributed by atoms with Crippen LogP contribution < -0.4 is 16.4 Å². The number of anilines is 2. The van der Waals surface area contributed by atoms with Crippen LogP contribution in [0.5, 0.6) is 0 Å². The maximum absolute atomic E-state index is 11.1. The Morgan fingerprint density at radius 1 is 1.39 bits per heavy atom. The van der Waals surface area contributed by atoms with E-state index in [9.17, 15) is 9.59 Å². The minimum atomic E-state index is -1.01. The molecule has 1 aromatic rings. The standard InChI is InChI=1S/C12H15N3O3/c13-9-5-7(12(17)18)1-2-10(9)15-4-3-8(6-15)11(14)16/h1-2,5,8H,3-4,6,13H2,(H2,14,16)(H,17,18). The van der Waals surface area contributed by atoms with E-state index in [-0.39, 0.29) is 17.4 Å². The van der Waals surface area contributed by atoms with Crippen molar-refractivity contribution in [2.75, 3.05) is 23.7 Å². The van der Waals surface area contributed by atoms with Crippen molar-refractivity contribution in [3.63, 3.8) is 0 Å². The molecule has 18 heavy (non-hydrogen) atoms. The van der Waals surface area contributed by atoms with Gasteiger partial charge < -0.3 is 21.5 Å². The van der Waals surface area contributed by atoms with Crippen LogP contribution in [0.15, 0.2) is 18.2 Å². The third-order valence-corrected chi connectivity index (χ3v) is 3.21. The molecule has 0 aromatic heterocycles. The molecule has 1 aromatic carbocycles. The smallest absolute Gasteiger partial charge is 0.335 e. The van der Waals surface area contributed by atoms with Gasteiger partial charge >= 0.3 is 5.97 Å². The molecule has 1 amide bonds. The summed E-state index contributed by atoms with van der Waals surface area (Å²) in [5.41, 5.74) is 12.4. The number of hydrogen-bond donors (Lipinski definition) is 3. The van der Waals surface area contributed by atoms with Crippen molar-refractivity contribution in [3.05, 3.63) is 23.8 Å². The highest BCUT2D eigenvalue weighted by molar-refractivity contribution is 5.90. The Bertz CT molecular complexity index is 501. The fourth-order valence-corrected chi connectivity index (χ4v) is 2.19. The topological polar surface area (TPSA) is 110 Å². The number of primary amides is 1. The summed E-state index contributed by atoms with van der Waals surface area (Å²) in [6.45, 7) is 1.23. The molecule has 1 aliphatic heterocycles. The Hall–Kier alpha value is -2.24. The van der Waals surface area contributed by atoms with Crippen molar-refractivity contribution in [1.29, 1.82) is 0 Å². The van der Waals surface area contributed by atoms with E-state index < -0.39 is 5.97 Å². The Kier molecular flexibility index (Phi) is 3.10. The summed E-state index contributed by atoms with van der Waals surface area (Å²) < 4.78 is 0. The maximum Gasteiger partial charge on any atom is 0.335 e. The molecule has 0 saturated carbocycles. The lowest BCUT2D eigenvalue weighted by Gasteiger charge is -2.20. The van der Waals surface area contributed by atoms with Crippen LogP contribution in [0.2, 0.25) is 0 Å². The van der Waals surface area contributed by atoms with Gasteiger partial charge in [0.25, 0.3) is 0 Å². The van der Waals surface area contributed by atoms with Crippen LogP contribution in [0.25, 0.3) is 0 Å². The summed E-state index contributed by atoms with van der Waals surface area (Å²) in [4.78, 5) is 23.8. The van der Waals surface area contributed by atoms with Crippen LogP contribution in [0.4, 0.5) is 11.4 Å². The van der Waals surface area contributed by atoms with Gasteiger partial charge in [0.2, 0.25) is 5.91 Å². The summed E-state index contributed by atoms with van der Waals surface area (Å²) in [6, 6.07) is 4.60. The van der Waals surface area contributed by atoms with Crippen molar-refractivity contribution in [3.8, 4) is 0 Å². The van der Waals surface area contributed by atoms with Gasteiger partial charge in [0.15, 0.2) is 0 Å². The van der Waals surface area contributed by atoms with Crippen molar-refractivity contribution < 1.29 is 14.7 Å². The summed E-state index contributed by atoms with van der Waals surface area (Å²) in [5, 5.41) is 8.85. The second kappa shape index (κ2) is 4.56. The second-order valence-corrected chi connectivity index (χ2v) is 4.41. The van der Waals surface area contributed by atoms with E-state index in [1.165, 1.54) is 12.1 Å².